The molecule has 0 saturated carbocycles. The minimum absolute atomic E-state index is 0.103. The number of carboxylic acid groups (broad SMARTS) is 1. The van der Waals surface area contributed by atoms with Gasteiger partial charge in [-0.05, 0) is 29.8 Å². The van der Waals surface area contributed by atoms with Gasteiger partial charge in [-0.25, -0.2) is 4.79 Å². The number of carboxylic acids is 1. The van der Waals surface area contributed by atoms with Crippen molar-refractivity contribution in [3.8, 4) is 5.75 Å². The molecule has 0 spiro atoms. The van der Waals surface area contributed by atoms with Crippen molar-refractivity contribution < 1.29 is 19.4 Å². The van der Waals surface area contributed by atoms with E-state index in [1.165, 1.54) is 30.1 Å². The van der Waals surface area contributed by atoms with Crippen LogP contribution in [0.4, 0.5) is 5.69 Å². The van der Waals surface area contributed by atoms with Gasteiger partial charge in [0.15, 0.2) is 11.4 Å². The normalized spacial score (nSPS) is 10.6. The van der Waals surface area contributed by atoms with E-state index in [1.807, 2.05) is 0 Å². The molecule has 0 aliphatic carbocycles. The van der Waals surface area contributed by atoms with Crippen LogP contribution in [0.2, 0.25) is 15.1 Å². The maximum absolute atomic E-state index is 12.5. The van der Waals surface area contributed by atoms with E-state index in [0.29, 0.717) is 16.1 Å². The molecule has 2 N–H and O–H groups in total. The molecule has 0 fully saturated rings. The highest BCUT2D eigenvalue weighted by Crippen LogP contribution is 2.36. The van der Waals surface area contributed by atoms with Gasteiger partial charge >= 0.3 is 5.97 Å². The number of carbonyl (C=O) groups is 2. The van der Waals surface area contributed by atoms with Gasteiger partial charge < -0.3 is 15.2 Å². The number of nitrogens with one attached hydrogen (secondary N) is 1. The second-order valence-corrected chi connectivity index (χ2v) is 7.23. The van der Waals surface area contributed by atoms with Crippen molar-refractivity contribution >= 4 is 52.4 Å². The number of rotatable bonds is 6. The lowest BCUT2D eigenvalue weighted by Gasteiger charge is -2.11. The number of hydrogen-bond acceptors (Lipinski definition) is 4. The fourth-order valence-corrected chi connectivity index (χ4v) is 3.53. The van der Waals surface area contributed by atoms with Gasteiger partial charge in [-0.3, -0.25) is 9.48 Å². The van der Waals surface area contributed by atoms with Crippen LogP contribution >= 0.6 is 34.8 Å². The molecule has 0 bridgehead atoms. The summed E-state index contributed by atoms with van der Waals surface area (Å²) in [7, 11) is 1.48. The molecule has 3 aromatic rings. The molecule has 0 radical (unpaired) electrons. The topological polar surface area (TPSA) is 93.5 Å². The molecule has 0 atom stereocenters. The molecule has 0 unspecified atom stereocenters. The highest BCUT2D eigenvalue weighted by atomic mass is 35.5. The van der Waals surface area contributed by atoms with Crippen LogP contribution in [0.1, 0.15) is 26.4 Å². The van der Waals surface area contributed by atoms with Crippen molar-refractivity contribution in [2.75, 3.05) is 5.32 Å². The Morgan fingerprint density at radius 3 is 2.52 bits per heavy atom. The maximum Gasteiger partial charge on any atom is 0.356 e. The Hall–Kier alpha value is -2.74. The zero-order valence-corrected chi connectivity index (χ0v) is 17.2. The number of benzene rings is 2. The van der Waals surface area contributed by atoms with Crippen LogP contribution in [0, 0.1) is 0 Å². The summed E-state index contributed by atoms with van der Waals surface area (Å²) in [6, 6.07) is 9.69. The number of hydrogen-bond donors (Lipinski definition) is 2. The smallest absolute Gasteiger partial charge is 0.356 e. The number of anilines is 1. The van der Waals surface area contributed by atoms with Crippen LogP contribution in [-0.4, -0.2) is 26.8 Å². The van der Waals surface area contributed by atoms with E-state index in [2.05, 4.69) is 10.4 Å². The Kier molecular flexibility index (Phi) is 6.32. The van der Waals surface area contributed by atoms with Crippen molar-refractivity contribution in [3.63, 3.8) is 0 Å². The van der Waals surface area contributed by atoms with Gasteiger partial charge in [0, 0.05) is 17.6 Å². The minimum Gasteiger partial charge on any atom is -0.486 e. The molecule has 29 heavy (non-hydrogen) atoms. The van der Waals surface area contributed by atoms with Crippen molar-refractivity contribution in [1.29, 1.82) is 0 Å². The van der Waals surface area contributed by atoms with E-state index in [-0.39, 0.29) is 33.8 Å². The summed E-state index contributed by atoms with van der Waals surface area (Å²) in [5, 5.41) is 16.6. The molecule has 150 valence electrons. The lowest BCUT2D eigenvalue weighted by atomic mass is 10.1. The Balaban J connectivity index is 1.74. The van der Waals surface area contributed by atoms with E-state index in [9.17, 15) is 14.7 Å². The first-order valence-corrected chi connectivity index (χ1v) is 9.32. The lowest BCUT2D eigenvalue weighted by molar-refractivity contribution is 0.0686. The van der Waals surface area contributed by atoms with E-state index in [1.54, 1.807) is 24.3 Å². The Morgan fingerprint density at radius 2 is 1.86 bits per heavy atom. The van der Waals surface area contributed by atoms with Gasteiger partial charge in [-0.1, -0.05) is 46.9 Å². The number of nitrogens with zero attached hydrogens (tertiary/aromatic N) is 2. The molecule has 0 saturated heterocycles. The number of aryl methyl sites for hydroxylation is 1. The van der Waals surface area contributed by atoms with Gasteiger partial charge in [0.25, 0.3) is 5.91 Å². The number of ether oxygens (including phenoxy) is 1. The first-order chi connectivity index (χ1) is 13.8. The SMILES string of the molecule is Cn1ncc(NC(=O)c2cccc(COc3c(Cl)cc(Cl)cc3Cl)c2)c1C(=O)O. The number of halogens is 3. The molecule has 0 aliphatic rings. The van der Waals surface area contributed by atoms with Gasteiger partial charge in [0.2, 0.25) is 0 Å². The third-order valence-electron chi connectivity index (χ3n) is 3.92. The van der Waals surface area contributed by atoms with E-state index < -0.39 is 11.9 Å². The summed E-state index contributed by atoms with van der Waals surface area (Å²) in [5.41, 5.74) is 0.986. The highest BCUT2D eigenvalue weighted by Gasteiger charge is 2.18. The van der Waals surface area contributed by atoms with Gasteiger partial charge in [0.1, 0.15) is 6.61 Å². The second kappa shape index (κ2) is 8.73. The van der Waals surface area contributed by atoms with Gasteiger partial charge in [0.05, 0.1) is 21.9 Å². The van der Waals surface area contributed by atoms with Crippen LogP contribution < -0.4 is 10.1 Å². The number of carbonyl (C=O) groups excluding carboxylic acids is 1. The molecule has 1 heterocycles. The standard InChI is InChI=1S/C19H14Cl3N3O4/c1-25-16(19(27)28)15(8-23-25)24-18(26)11-4-2-3-10(5-11)9-29-17-13(21)6-12(20)7-14(17)22/h2-8H,9H2,1H3,(H,24,26)(H,27,28). The third kappa shape index (κ3) is 4.82. The minimum atomic E-state index is -1.20. The molecule has 7 nitrogen and oxygen atoms in total. The van der Waals surface area contributed by atoms with Gasteiger partial charge in [-0.15, -0.1) is 0 Å². The lowest BCUT2D eigenvalue weighted by Crippen LogP contribution is -2.15. The predicted molar refractivity (Wildman–Crippen MR) is 110 cm³/mol. The van der Waals surface area contributed by atoms with Crippen molar-refractivity contribution in [2.24, 2.45) is 7.05 Å². The van der Waals surface area contributed by atoms with E-state index >= 15 is 0 Å². The molecule has 2 aromatic carbocycles. The van der Waals surface area contributed by atoms with E-state index in [0.717, 1.165) is 0 Å². The molecule has 3 rings (SSSR count). The average Bonchev–Trinajstić information content (AvgIpc) is 3.01. The van der Waals surface area contributed by atoms with Crippen molar-refractivity contribution in [1.82, 2.24) is 9.78 Å². The first-order valence-electron chi connectivity index (χ1n) is 8.19. The average molecular weight is 455 g/mol. The van der Waals surface area contributed by atoms with Crippen molar-refractivity contribution in [2.45, 2.75) is 6.61 Å². The molecule has 10 heteroatoms. The number of aromatic carboxylic acids is 1. The number of aromatic nitrogens is 2. The Morgan fingerprint density at radius 1 is 1.17 bits per heavy atom. The van der Waals surface area contributed by atoms with Crippen LogP contribution in [0.25, 0.3) is 0 Å². The monoisotopic (exact) mass is 453 g/mol. The second-order valence-electron chi connectivity index (χ2n) is 5.98. The fourth-order valence-electron chi connectivity index (χ4n) is 2.60. The summed E-state index contributed by atoms with van der Waals surface area (Å²) >= 11 is 18.1. The molecule has 0 aliphatic heterocycles. The maximum atomic E-state index is 12.5. The summed E-state index contributed by atoms with van der Waals surface area (Å²) in [4.78, 5) is 23.8. The summed E-state index contributed by atoms with van der Waals surface area (Å²) in [6.45, 7) is 0.107. The summed E-state index contributed by atoms with van der Waals surface area (Å²) < 4.78 is 6.84. The zero-order valence-electron chi connectivity index (χ0n) is 14.9. The van der Waals surface area contributed by atoms with Crippen LogP contribution in [0.3, 0.4) is 0 Å². The zero-order chi connectivity index (χ0) is 21.1. The van der Waals surface area contributed by atoms with Crippen LogP contribution in [0.5, 0.6) is 5.75 Å². The molecule has 1 amide bonds. The van der Waals surface area contributed by atoms with Crippen molar-refractivity contribution in [3.05, 3.63) is 74.5 Å². The number of amides is 1. The fraction of sp³-hybridized carbons (Fsp3) is 0.105. The molecular weight excluding hydrogens is 441 g/mol. The summed E-state index contributed by atoms with van der Waals surface area (Å²) in [5.74, 6) is -1.39. The highest BCUT2D eigenvalue weighted by molar-refractivity contribution is 6.40. The Bertz CT molecular complexity index is 1080. The van der Waals surface area contributed by atoms with Crippen LogP contribution in [-0.2, 0) is 13.7 Å². The molecule has 1 aromatic heterocycles. The third-order valence-corrected chi connectivity index (χ3v) is 4.70. The van der Waals surface area contributed by atoms with Gasteiger partial charge in [-0.2, -0.15) is 5.10 Å². The Labute approximate surface area is 180 Å². The van der Waals surface area contributed by atoms with E-state index in [4.69, 9.17) is 39.5 Å². The largest absolute Gasteiger partial charge is 0.486 e. The quantitative estimate of drug-likeness (QED) is 0.552. The first kappa shape index (κ1) is 21.0. The predicted octanol–water partition coefficient (Wildman–Crippen LogP) is 4.91. The molecular formula is C19H14Cl3N3O4. The van der Waals surface area contributed by atoms with Crippen LogP contribution in [0.15, 0.2) is 42.6 Å². The summed E-state index contributed by atoms with van der Waals surface area (Å²) in [6.07, 6.45) is 1.28.